The standard InChI is InChI=1S/C9H6ClNOS.C3H8/c1-5-2-3-11-6-4-7(9(10)12)13-8(5)6;1-3-2/h2-4H,1H3;3H2,1-2H3. The number of thiophene rings is 1. The fourth-order valence-electron chi connectivity index (χ4n) is 1.16. The molecule has 0 aliphatic carbocycles. The van der Waals surface area contributed by atoms with Gasteiger partial charge in [-0.3, -0.25) is 9.78 Å². The molecule has 0 atom stereocenters. The molecule has 2 nitrogen and oxygen atoms in total. The second kappa shape index (κ2) is 5.97. The number of hydrogen-bond acceptors (Lipinski definition) is 3. The minimum atomic E-state index is -0.414. The molecule has 0 fully saturated rings. The van der Waals surface area contributed by atoms with E-state index in [4.69, 9.17) is 11.6 Å². The number of nitrogens with zero attached hydrogens (tertiary/aromatic N) is 1. The Bertz CT molecular complexity index is 493. The smallest absolute Gasteiger partial charge is 0.262 e. The van der Waals surface area contributed by atoms with Crippen LogP contribution in [-0.4, -0.2) is 10.2 Å². The van der Waals surface area contributed by atoms with Crippen molar-refractivity contribution in [1.29, 1.82) is 0 Å². The highest BCUT2D eigenvalue weighted by atomic mass is 35.5. The van der Waals surface area contributed by atoms with Gasteiger partial charge in [0.2, 0.25) is 0 Å². The molecular formula is C12H14ClNOS. The first kappa shape index (κ1) is 13.1. The van der Waals surface area contributed by atoms with Crippen LogP contribution in [0.1, 0.15) is 35.5 Å². The molecule has 0 saturated heterocycles. The highest BCUT2D eigenvalue weighted by Crippen LogP contribution is 2.27. The fourth-order valence-corrected chi connectivity index (χ4v) is 2.25. The molecule has 0 N–H and O–H groups in total. The predicted octanol–water partition coefficient (Wildman–Crippen LogP) is 4.40. The van der Waals surface area contributed by atoms with Crippen molar-refractivity contribution >= 4 is 38.4 Å². The predicted molar refractivity (Wildman–Crippen MR) is 70.5 cm³/mol. The van der Waals surface area contributed by atoms with Gasteiger partial charge in [-0.05, 0) is 36.2 Å². The maximum atomic E-state index is 10.9. The lowest BCUT2D eigenvalue weighted by Crippen LogP contribution is -1.78. The van der Waals surface area contributed by atoms with Crippen LogP contribution in [-0.2, 0) is 0 Å². The zero-order valence-corrected chi connectivity index (χ0v) is 11.2. The van der Waals surface area contributed by atoms with Crippen LogP contribution in [0.5, 0.6) is 0 Å². The van der Waals surface area contributed by atoms with Crippen molar-refractivity contribution in [3.8, 4) is 0 Å². The van der Waals surface area contributed by atoms with E-state index in [0.29, 0.717) is 4.88 Å². The minimum Gasteiger partial charge on any atom is -0.275 e. The van der Waals surface area contributed by atoms with Gasteiger partial charge in [0.25, 0.3) is 5.24 Å². The summed E-state index contributed by atoms with van der Waals surface area (Å²) in [6.45, 7) is 6.24. The van der Waals surface area contributed by atoms with Crippen molar-refractivity contribution < 1.29 is 4.79 Å². The Morgan fingerprint density at radius 1 is 1.50 bits per heavy atom. The minimum absolute atomic E-state index is 0.414. The molecule has 0 unspecified atom stereocenters. The summed E-state index contributed by atoms with van der Waals surface area (Å²) in [6.07, 6.45) is 2.98. The van der Waals surface area contributed by atoms with Crippen LogP contribution < -0.4 is 0 Å². The number of carbonyl (C=O) groups is 1. The fraction of sp³-hybridized carbons (Fsp3) is 0.333. The zero-order chi connectivity index (χ0) is 12.1. The lowest BCUT2D eigenvalue weighted by atomic mass is 10.3. The van der Waals surface area contributed by atoms with Gasteiger partial charge in [-0.1, -0.05) is 20.3 Å². The molecule has 0 aliphatic rings. The van der Waals surface area contributed by atoms with Crippen LogP contribution in [0.15, 0.2) is 18.3 Å². The molecule has 0 radical (unpaired) electrons. The second-order valence-electron chi connectivity index (χ2n) is 3.43. The van der Waals surface area contributed by atoms with Crippen LogP contribution in [0.3, 0.4) is 0 Å². The first-order chi connectivity index (χ1) is 7.60. The Labute approximate surface area is 104 Å². The van der Waals surface area contributed by atoms with E-state index in [1.54, 1.807) is 12.3 Å². The van der Waals surface area contributed by atoms with Gasteiger partial charge in [0.1, 0.15) is 0 Å². The Balaban J connectivity index is 0.000000386. The lowest BCUT2D eigenvalue weighted by molar-refractivity contribution is 0.108. The maximum Gasteiger partial charge on any atom is 0.262 e. The molecule has 0 bridgehead atoms. The van der Waals surface area contributed by atoms with Gasteiger partial charge in [0, 0.05) is 6.20 Å². The molecule has 0 aliphatic heterocycles. The summed E-state index contributed by atoms with van der Waals surface area (Å²) in [5, 5.41) is -0.414. The van der Waals surface area contributed by atoms with Crippen LogP contribution in [0.2, 0.25) is 0 Å². The van der Waals surface area contributed by atoms with E-state index in [9.17, 15) is 4.79 Å². The van der Waals surface area contributed by atoms with Gasteiger partial charge in [0.05, 0.1) is 15.1 Å². The normalized spacial score (nSPS) is 9.75. The average Bonchev–Trinajstić information content (AvgIpc) is 2.64. The largest absolute Gasteiger partial charge is 0.275 e. The molecule has 86 valence electrons. The Kier molecular flexibility index (Phi) is 4.90. The van der Waals surface area contributed by atoms with E-state index >= 15 is 0 Å². The summed E-state index contributed by atoms with van der Waals surface area (Å²) < 4.78 is 1.03. The highest BCUT2D eigenvalue weighted by molar-refractivity contribution is 7.22. The van der Waals surface area contributed by atoms with Crippen molar-refractivity contribution in [3.63, 3.8) is 0 Å². The molecule has 2 heterocycles. The summed E-state index contributed by atoms with van der Waals surface area (Å²) in [5.74, 6) is 0. The summed E-state index contributed by atoms with van der Waals surface area (Å²) in [7, 11) is 0. The Morgan fingerprint density at radius 2 is 2.12 bits per heavy atom. The topological polar surface area (TPSA) is 30.0 Å². The van der Waals surface area contributed by atoms with Crippen LogP contribution in [0, 0.1) is 6.92 Å². The molecule has 2 aromatic rings. The van der Waals surface area contributed by atoms with Gasteiger partial charge in [0.15, 0.2) is 0 Å². The van der Waals surface area contributed by atoms with Gasteiger partial charge in [-0.15, -0.1) is 11.3 Å². The number of rotatable bonds is 1. The lowest BCUT2D eigenvalue weighted by Gasteiger charge is -1.90. The number of aromatic nitrogens is 1. The van der Waals surface area contributed by atoms with E-state index in [-0.39, 0.29) is 0 Å². The molecule has 2 aromatic heterocycles. The highest BCUT2D eigenvalue weighted by Gasteiger charge is 2.09. The Hall–Kier alpha value is -0.930. The average molecular weight is 256 g/mol. The van der Waals surface area contributed by atoms with Crippen molar-refractivity contribution in [2.24, 2.45) is 0 Å². The first-order valence-corrected chi connectivity index (χ1v) is 6.34. The van der Waals surface area contributed by atoms with Crippen molar-refractivity contribution in [2.45, 2.75) is 27.2 Å². The molecule has 2 rings (SSSR count). The van der Waals surface area contributed by atoms with Gasteiger partial charge >= 0.3 is 0 Å². The summed E-state index contributed by atoms with van der Waals surface area (Å²) in [5.41, 5.74) is 1.97. The third kappa shape index (κ3) is 3.03. The molecule has 0 spiro atoms. The SMILES string of the molecule is CCC.Cc1ccnc2cc(C(=O)Cl)sc12. The summed E-state index contributed by atoms with van der Waals surface area (Å²) >= 11 is 6.76. The number of hydrogen-bond donors (Lipinski definition) is 0. The number of pyridine rings is 1. The van der Waals surface area contributed by atoms with Crippen LogP contribution >= 0.6 is 22.9 Å². The number of halogens is 1. The Morgan fingerprint density at radius 3 is 2.62 bits per heavy atom. The van der Waals surface area contributed by atoms with Gasteiger partial charge in [-0.25, -0.2) is 0 Å². The van der Waals surface area contributed by atoms with Crippen molar-refractivity contribution in [1.82, 2.24) is 4.98 Å². The maximum absolute atomic E-state index is 10.9. The van der Waals surface area contributed by atoms with Crippen LogP contribution in [0.25, 0.3) is 10.2 Å². The summed E-state index contributed by atoms with van der Waals surface area (Å²) in [6, 6.07) is 3.64. The molecule has 16 heavy (non-hydrogen) atoms. The molecule has 0 aromatic carbocycles. The van der Waals surface area contributed by atoms with E-state index in [1.807, 2.05) is 13.0 Å². The van der Waals surface area contributed by atoms with Crippen molar-refractivity contribution in [3.05, 3.63) is 28.8 Å². The van der Waals surface area contributed by atoms with Gasteiger partial charge < -0.3 is 0 Å². The molecule has 0 amide bonds. The zero-order valence-electron chi connectivity index (χ0n) is 9.58. The summed E-state index contributed by atoms with van der Waals surface area (Å²) in [4.78, 5) is 15.6. The third-order valence-electron chi connectivity index (χ3n) is 1.80. The van der Waals surface area contributed by atoms with Crippen molar-refractivity contribution in [2.75, 3.05) is 0 Å². The first-order valence-electron chi connectivity index (χ1n) is 5.15. The number of aryl methyl sites for hydroxylation is 1. The van der Waals surface area contributed by atoms with E-state index in [2.05, 4.69) is 18.8 Å². The molecule has 4 heteroatoms. The molecular weight excluding hydrogens is 242 g/mol. The van der Waals surface area contributed by atoms with Gasteiger partial charge in [-0.2, -0.15) is 0 Å². The van der Waals surface area contributed by atoms with Crippen LogP contribution in [0.4, 0.5) is 0 Å². The second-order valence-corrected chi connectivity index (χ2v) is 4.83. The quantitative estimate of drug-likeness (QED) is 0.707. The van der Waals surface area contributed by atoms with E-state index < -0.39 is 5.24 Å². The number of fused-ring (bicyclic) bond motifs is 1. The monoisotopic (exact) mass is 255 g/mol. The third-order valence-corrected chi connectivity index (χ3v) is 3.38. The molecule has 0 saturated carbocycles. The van der Waals surface area contributed by atoms with E-state index in [1.165, 1.54) is 17.8 Å². The van der Waals surface area contributed by atoms with E-state index in [0.717, 1.165) is 15.8 Å². The number of carbonyl (C=O) groups excluding carboxylic acids is 1.